The first kappa shape index (κ1) is 25.4. The topological polar surface area (TPSA) is 18.5 Å². The smallest absolute Gasteiger partial charge is 0.131 e. The second-order valence-corrected chi connectivity index (χ2v) is 10.6. The largest absolute Gasteiger partial charge is 0.378 e. The Labute approximate surface area is 206 Å². The molecule has 4 rings (SSSR count). The first-order chi connectivity index (χ1) is 16.6. The van der Waals surface area contributed by atoms with Gasteiger partial charge in [0, 0.05) is 18.8 Å². The summed E-state index contributed by atoms with van der Waals surface area (Å²) < 4.78 is 27.1. The molecule has 186 valence electrons. The van der Waals surface area contributed by atoms with E-state index in [4.69, 9.17) is 9.47 Å². The lowest BCUT2D eigenvalue weighted by Crippen LogP contribution is -2.22. The summed E-state index contributed by atoms with van der Waals surface area (Å²) in [4.78, 5) is 0. The van der Waals surface area contributed by atoms with E-state index in [1.165, 1.54) is 31.2 Å². The van der Waals surface area contributed by atoms with Crippen LogP contribution in [0, 0.1) is 11.7 Å². The number of unbranched alkanes of at least 4 members (excludes halogenated alkanes) is 1. The van der Waals surface area contributed by atoms with E-state index in [-0.39, 0.29) is 5.82 Å². The van der Waals surface area contributed by atoms with Gasteiger partial charge in [-0.3, -0.25) is 0 Å². The first-order valence-electron chi connectivity index (χ1n) is 13.7. The Morgan fingerprint density at radius 2 is 1.35 bits per heavy atom. The van der Waals surface area contributed by atoms with Crippen LogP contribution in [0.25, 0.3) is 11.1 Å². The fourth-order valence-corrected chi connectivity index (χ4v) is 5.60. The summed E-state index contributed by atoms with van der Waals surface area (Å²) in [5, 5.41) is 0. The van der Waals surface area contributed by atoms with Gasteiger partial charge >= 0.3 is 0 Å². The molecule has 2 aromatic carbocycles. The van der Waals surface area contributed by atoms with Crippen molar-refractivity contribution in [1.82, 2.24) is 0 Å². The van der Waals surface area contributed by atoms with E-state index in [0.29, 0.717) is 23.7 Å². The van der Waals surface area contributed by atoms with Crippen molar-refractivity contribution in [2.24, 2.45) is 5.92 Å². The van der Waals surface area contributed by atoms with Crippen LogP contribution in [0.4, 0.5) is 4.39 Å². The van der Waals surface area contributed by atoms with E-state index in [0.717, 1.165) is 75.2 Å². The van der Waals surface area contributed by atoms with Crippen molar-refractivity contribution in [2.45, 2.75) is 103 Å². The normalized spacial score (nSPS) is 25.4. The van der Waals surface area contributed by atoms with Crippen LogP contribution in [0.5, 0.6) is 0 Å². The molecule has 0 radical (unpaired) electrons. The van der Waals surface area contributed by atoms with Crippen LogP contribution in [-0.2, 0) is 15.9 Å². The maximum Gasteiger partial charge on any atom is 0.131 e. The maximum atomic E-state index is 14.9. The van der Waals surface area contributed by atoms with Gasteiger partial charge in [-0.15, -0.1) is 0 Å². The monoisotopic (exact) mass is 466 g/mol. The highest BCUT2D eigenvalue weighted by Crippen LogP contribution is 2.36. The van der Waals surface area contributed by atoms with Crippen molar-refractivity contribution in [1.29, 1.82) is 0 Å². The van der Waals surface area contributed by atoms with Crippen LogP contribution in [-0.4, -0.2) is 25.4 Å². The zero-order valence-electron chi connectivity index (χ0n) is 21.2. The Morgan fingerprint density at radius 1 is 0.765 bits per heavy atom. The Kier molecular flexibility index (Phi) is 9.58. The van der Waals surface area contributed by atoms with Crippen LogP contribution < -0.4 is 0 Å². The van der Waals surface area contributed by atoms with Gasteiger partial charge in [-0.1, -0.05) is 50.2 Å². The van der Waals surface area contributed by atoms with Crippen molar-refractivity contribution < 1.29 is 13.9 Å². The van der Waals surface area contributed by atoms with Gasteiger partial charge < -0.3 is 9.47 Å². The molecule has 2 nitrogen and oxygen atoms in total. The highest BCUT2D eigenvalue weighted by atomic mass is 19.1. The molecule has 0 saturated heterocycles. The molecule has 2 saturated carbocycles. The molecular weight excluding hydrogens is 423 g/mol. The number of hydrogen-bond acceptors (Lipinski definition) is 2. The third-order valence-electron chi connectivity index (χ3n) is 8.02. The molecule has 0 N–H and O–H groups in total. The minimum atomic E-state index is -0.106. The third kappa shape index (κ3) is 7.15. The Morgan fingerprint density at radius 3 is 1.91 bits per heavy atom. The van der Waals surface area contributed by atoms with Gasteiger partial charge in [-0.2, -0.15) is 0 Å². The average molecular weight is 467 g/mol. The summed E-state index contributed by atoms with van der Waals surface area (Å²) in [5.74, 6) is 1.22. The van der Waals surface area contributed by atoms with Crippen LogP contribution >= 0.6 is 0 Å². The van der Waals surface area contributed by atoms with Gasteiger partial charge in [0.15, 0.2) is 0 Å². The lowest BCUT2D eigenvalue weighted by molar-refractivity contribution is 0.00221. The average Bonchev–Trinajstić information content (AvgIpc) is 2.87. The summed E-state index contributed by atoms with van der Waals surface area (Å²) in [6.07, 6.45) is 13.4. The third-order valence-corrected chi connectivity index (χ3v) is 8.02. The lowest BCUT2D eigenvalue weighted by Gasteiger charge is -2.29. The summed E-state index contributed by atoms with van der Waals surface area (Å²) in [7, 11) is 0. The molecular formula is C31H43FO2. The molecule has 2 fully saturated rings. The van der Waals surface area contributed by atoms with Crippen LogP contribution in [0.1, 0.15) is 95.1 Å². The van der Waals surface area contributed by atoms with Crippen LogP contribution in [0.2, 0.25) is 0 Å². The molecule has 0 bridgehead atoms. The summed E-state index contributed by atoms with van der Waals surface area (Å²) in [6.45, 7) is 6.20. The first-order valence-corrected chi connectivity index (χ1v) is 13.7. The van der Waals surface area contributed by atoms with E-state index < -0.39 is 0 Å². The Balaban J connectivity index is 1.14. The molecule has 0 aliphatic heterocycles. The van der Waals surface area contributed by atoms with E-state index in [2.05, 4.69) is 32.0 Å². The van der Waals surface area contributed by atoms with Crippen molar-refractivity contribution in [3.63, 3.8) is 0 Å². The lowest BCUT2D eigenvalue weighted by atomic mass is 9.82. The summed E-state index contributed by atoms with van der Waals surface area (Å²) in [5.41, 5.74) is 4.07. The predicted octanol–water partition coefficient (Wildman–Crippen LogP) is 8.47. The number of benzene rings is 2. The van der Waals surface area contributed by atoms with Gasteiger partial charge in [0.05, 0.1) is 12.2 Å². The van der Waals surface area contributed by atoms with E-state index >= 15 is 0 Å². The molecule has 0 aromatic heterocycles. The number of ether oxygens (including phenoxy) is 2. The fourth-order valence-electron chi connectivity index (χ4n) is 5.60. The number of rotatable bonds is 10. The molecule has 2 aromatic rings. The van der Waals surface area contributed by atoms with E-state index in [1.54, 1.807) is 6.07 Å². The molecule has 0 heterocycles. The minimum Gasteiger partial charge on any atom is -0.378 e. The standard InChI is InChI=1S/C31H43FO2/c1-3-24-8-10-26(11-9-24)30-19-14-27(22-31(30)32)25-12-17-29(18-13-25)34-21-5-4-20-33-28-15-6-23(2)7-16-28/h8-11,14,19,22-23,25,28-29H,3-7,12-13,15-18,20-21H2,1-2H3. The SMILES string of the molecule is CCc1ccc(-c2ccc(C3CCC(OCCCCOC4CCC(C)CC4)CC3)cc2F)cc1. The molecule has 0 unspecified atom stereocenters. The number of halogens is 1. The molecule has 0 atom stereocenters. The second kappa shape index (κ2) is 12.8. The van der Waals surface area contributed by atoms with Gasteiger partial charge in [0.2, 0.25) is 0 Å². The highest BCUT2D eigenvalue weighted by molar-refractivity contribution is 5.65. The van der Waals surface area contributed by atoms with Gasteiger partial charge in [0.1, 0.15) is 5.82 Å². The van der Waals surface area contributed by atoms with Gasteiger partial charge in [-0.05, 0) is 105 Å². The van der Waals surface area contributed by atoms with Crippen molar-refractivity contribution in [3.05, 3.63) is 59.4 Å². The zero-order chi connectivity index (χ0) is 23.8. The predicted molar refractivity (Wildman–Crippen MR) is 139 cm³/mol. The molecule has 34 heavy (non-hydrogen) atoms. The second-order valence-electron chi connectivity index (χ2n) is 10.6. The summed E-state index contributed by atoms with van der Waals surface area (Å²) >= 11 is 0. The highest BCUT2D eigenvalue weighted by Gasteiger charge is 2.24. The van der Waals surface area contributed by atoms with E-state index in [9.17, 15) is 4.39 Å². The fraction of sp³-hybridized carbons (Fsp3) is 0.613. The van der Waals surface area contributed by atoms with Gasteiger partial charge in [-0.25, -0.2) is 4.39 Å². The molecule has 3 heteroatoms. The minimum absolute atomic E-state index is 0.106. The van der Waals surface area contributed by atoms with E-state index in [1.807, 2.05) is 18.2 Å². The molecule has 2 aliphatic rings. The van der Waals surface area contributed by atoms with Crippen LogP contribution in [0.3, 0.4) is 0 Å². The quantitative estimate of drug-likeness (QED) is 0.327. The molecule has 2 aliphatic carbocycles. The van der Waals surface area contributed by atoms with Gasteiger partial charge in [0.25, 0.3) is 0 Å². The maximum absolute atomic E-state index is 14.9. The van der Waals surface area contributed by atoms with Crippen LogP contribution in [0.15, 0.2) is 42.5 Å². The Hall–Kier alpha value is -1.71. The van der Waals surface area contributed by atoms with Crippen molar-refractivity contribution in [2.75, 3.05) is 13.2 Å². The summed E-state index contributed by atoms with van der Waals surface area (Å²) in [6, 6.07) is 14.1. The number of aryl methyl sites for hydroxylation is 1. The molecule has 0 spiro atoms. The Bertz CT molecular complexity index is 862. The number of hydrogen-bond donors (Lipinski definition) is 0. The van der Waals surface area contributed by atoms with Crippen molar-refractivity contribution >= 4 is 0 Å². The van der Waals surface area contributed by atoms with Crippen molar-refractivity contribution in [3.8, 4) is 11.1 Å². The molecule has 0 amide bonds. The zero-order valence-corrected chi connectivity index (χ0v) is 21.2.